The average Bonchev–Trinajstić information content (AvgIpc) is 3.26. The van der Waals surface area contributed by atoms with Crippen LogP contribution in [-0.4, -0.2) is 90.2 Å². The Morgan fingerprint density at radius 3 is 2.22 bits per heavy atom. The molecule has 1 atom stereocenters. The number of halogens is 1. The maximum absolute atomic E-state index is 13.9. The van der Waals surface area contributed by atoms with Gasteiger partial charge < -0.3 is 19.3 Å². The Labute approximate surface area is 209 Å². The van der Waals surface area contributed by atoms with Crippen LogP contribution in [-0.2, 0) is 14.3 Å². The quantitative estimate of drug-likeness (QED) is 0.654. The van der Waals surface area contributed by atoms with E-state index < -0.39 is 17.6 Å². The molecule has 0 radical (unpaired) electrons. The van der Waals surface area contributed by atoms with Gasteiger partial charge in [-0.25, -0.2) is 4.39 Å². The smallest absolute Gasteiger partial charge is 0.256 e. The van der Waals surface area contributed by atoms with Crippen molar-refractivity contribution in [2.45, 2.75) is 31.5 Å². The first-order chi connectivity index (χ1) is 17.4. The lowest BCUT2D eigenvalue weighted by molar-refractivity contribution is -0.141. The Morgan fingerprint density at radius 1 is 0.889 bits per heavy atom. The normalized spacial score (nSPS) is 21.6. The fourth-order valence-electron chi connectivity index (χ4n) is 5.33. The summed E-state index contributed by atoms with van der Waals surface area (Å²) in [5.74, 6) is -1.13. The molecule has 0 bridgehead atoms. The molecule has 2 aromatic rings. The fraction of sp³-hybridized carbons (Fsp3) is 0.444. The topological polar surface area (TPSA) is 79.4 Å². The Morgan fingerprint density at radius 2 is 1.56 bits per heavy atom. The highest BCUT2D eigenvalue weighted by atomic mass is 19.1. The molecule has 0 N–H and O–H groups in total. The van der Waals surface area contributed by atoms with Gasteiger partial charge >= 0.3 is 0 Å². The van der Waals surface area contributed by atoms with Crippen LogP contribution in [0.1, 0.15) is 39.1 Å². The molecule has 8 nitrogen and oxygen atoms in total. The molecule has 0 aliphatic carbocycles. The number of nitrogens with zero attached hydrogens (tertiary/aromatic N) is 3. The second-order valence-corrected chi connectivity index (χ2v) is 9.56. The summed E-state index contributed by atoms with van der Waals surface area (Å²) < 4.78 is 25.3. The van der Waals surface area contributed by atoms with Crippen LogP contribution in [0, 0.1) is 12.7 Å². The first-order valence-corrected chi connectivity index (χ1v) is 12.3. The largest absolute Gasteiger partial charge is 0.378 e. The zero-order chi connectivity index (χ0) is 25.3. The molecule has 190 valence electrons. The van der Waals surface area contributed by atoms with Gasteiger partial charge in [0.25, 0.3) is 11.8 Å². The number of ether oxygens (including phenoxy) is 2. The molecule has 0 unspecified atom stereocenters. The standard InChI is InChI=1S/C27H30FN3O5/c1-19-4-2-5-20(16-19)25(33)31-23(26(34)30-12-14-35-15-13-30)18-36-27(31)8-10-29(11-9-27)24(32)21-6-3-7-22(28)17-21/h2-7,16-17,23H,8-15,18H2,1H3/t23-/m0/s1. The maximum Gasteiger partial charge on any atom is 0.256 e. The Balaban J connectivity index is 1.40. The van der Waals surface area contributed by atoms with Gasteiger partial charge in [-0.05, 0) is 37.3 Å². The highest BCUT2D eigenvalue weighted by Gasteiger charge is 2.55. The second kappa shape index (κ2) is 9.99. The van der Waals surface area contributed by atoms with Crippen LogP contribution in [0.5, 0.6) is 0 Å². The lowest BCUT2D eigenvalue weighted by Crippen LogP contribution is -2.60. The molecule has 3 heterocycles. The first-order valence-electron chi connectivity index (χ1n) is 12.3. The van der Waals surface area contributed by atoms with E-state index in [1.54, 1.807) is 26.8 Å². The molecular formula is C27H30FN3O5. The van der Waals surface area contributed by atoms with Crippen molar-refractivity contribution in [2.24, 2.45) is 0 Å². The number of amides is 3. The van der Waals surface area contributed by atoms with Gasteiger partial charge in [0.05, 0.1) is 19.8 Å². The van der Waals surface area contributed by atoms with Crippen molar-refractivity contribution < 1.29 is 28.2 Å². The minimum absolute atomic E-state index is 0.103. The van der Waals surface area contributed by atoms with E-state index in [9.17, 15) is 18.8 Å². The number of piperidine rings is 1. The fourth-order valence-corrected chi connectivity index (χ4v) is 5.33. The molecule has 3 fully saturated rings. The van der Waals surface area contributed by atoms with Crippen LogP contribution in [0.3, 0.4) is 0 Å². The molecule has 2 aromatic carbocycles. The number of likely N-dealkylation sites (tertiary alicyclic amines) is 1. The summed E-state index contributed by atoms with van der Waals surface area (Å²) in [4.78, 5) is 45.4. The Bertz CT molecular complexity index is 1160. The molecule has 3 amide bonds. The third kappa shape index (κ3) is 4.60. The van der Waals surface area contributed by atoms with Gasteiger partial charge in [-0.2, -0.15) is 0 Å². The van der Waals surface area contributed by atoms with Crippen LogP contribution in [0.15, 0.2) is 48.5 Å². The zero-order valence-electron chi connectivity index (χ0n) is 20.3. The van der Waals surface area contributed by atoms with Gasteiger partial charge in [0, 0.05) is 50.1 Å². The monoisotopic (exact) mass is 495 g/mol. The highest BCUT2D eigenvalue weighted by Crippen LogP contribution is 2.39. The van der Waals surface area contributed by atoms with Crippen molar-refractivity contribution in [3.05, 3.63) is 71.0 Å². The Kier molecular flexibility index (Phi) is 6.77. The molecular weight excluding hydrogens is 465 g/mol. The van der Waals surface area contributed by atoms with Gasteiger partial charge in [-0.1, -0.05) is 23.8 Å². The number of carbonyl (C=O) groups excluding carboxylic acids is 3. The van der Waals surface area contributed by atoms with Gasteiger partial charge in [0.15, 0.2) is 0 Å². The third-order valence-corrected chi connectivity index (χ3v) is 7.26. The number of carbonyl (C=O) groups is 3. The van der Waals surface area contributed by atoms with Crippen molar-refractivity contribution in [1.29, 1.82) is 0 Å². The molecule has 1 spiro atoms. The Hall–Kier alpha value is -3.30. The van der Waals surface area contributed by atoms with Crippen molar-refractivity contribution in [1.82, 2.24) is 14.7 Å². The predicted molar refractivity (Wildman–Crippen MR) is 129 cm³/mol. The lowest BCUT2D eigenvalue weighted by Gasteiger charge is -2.45. The highest BCUT2D eigenvalue weighted by molar-refractivity contribution is 5.99. The van der Waals surface area contributed by atoms with E-state index in [2.05, 4.69) is 0 Å². The van der Waals surface area contributed by atoms with Gasteiger partial charge in [-0.15, -0.1) is 0 Å². The second-order valence-electron chi connectivity index (χ2n) is 9.56. The molecule has 9 heteroatoms. The van der Waals surface area contributed by atoms with Gasteiger partial charge in [0.1, 0.15) is 17.6 Å². The number of morpholine rings is 1. The van der Waals surface area contributed by atoms with Crippen LogP contribution >= 0.6 is 0 Å². The van der Waals surface area contributed by atoms with E-state index in [-0.39, 0.29) is 29.9 Å². The van der Waals surface area contributed by atoms with Crippen LogP contribution in [0.25, 0.3) is 0 Å². The number of rotatable bonds is 3. The molecule has 3 saturated heterocycles. The van der Waals surface area contributed by atoms with Crippen molar-refractivity contribution in [3.8, 4) is 0 Å². The average molecular weight is 496 g/mol. The lowest BCUT2D eigenvalue weighted by atomic mass is 9.95. The van der Waals surface area contributed by atoms with Gasteiger partial charge in [0.2, 0.25) is 5.91 Å². The van der Waals surface area contributed by atoms with Crippen LogP contribution in [0.2, 0.25) is 0 Å². The van der Waals surface area contributed by atoms with E-state index in [1.165, 1.54) is 18.2 Å². The molecule has 3 aliphatic rings. The van der Waals surface area contributed by atoms with E-state index in [1.807, 2.05) is 25.1 Å². The van der Waals surface area contributed by atoms with Crippen molar-refractivity contribution >= 4 is 17.7 Å². The summed E-state index contributed by atoms with van der Waals surface area (Å²) in [7, 11) is 0. The van der Waals surface area contributed by atoms with Crippen LogP contribution < -0.4 is 0 Å². The summed E-state index contributed by atoms with van der Waals surface area (Å²) in [5, 5.41) is 0. The van der Waals surface area contributed by atoms with Gasteiger partial charge in [-0.3, -0.25) is 19.3 Å². The van der Waals surface area contributed by atoms with Crippen molar-refractivity contribution in [3.63, 3.8) is 0 Å². The molecule has 36 heavy (non-hydrogen) atoms. The number of hydrogen-bond acceptors (Lipinski definition) is 5. The summed E-state index contributed by atoms with van der Waals surface area (Å²) in [5.41, 5.74) is 0.734. The molecule has 3 aliphatic heterocycles. The zero-order valence-corrected chi connectivity index (χ0v) is 20.3. The molecule has 0 saturated carbocycles. The predicted octanol–water partition coefficient (Wildman–Crippen LogP) is 2.47. The minimum Gasteiger partial charge on any atom is -0.378 e. The third-order valence-electron chi connectivity index (χ3n) is 7.26. The van der Waals surface area contributed by atoms with E-state index >= 15 is 0 Å². The van der Waals surface area contributed by atoms with Crippen LogP contribution in [0.4, 0.5) is 4.39 Å². The number of aryl methyl sites for hydroxylation is 1. The number of benzene rings is 2. The van der Waals surface area contributed by atoms with Crippen molar-refractivity contribution in [2.75, 3.05) is 46.0 Å². The van der Waals surface area contributed by atoms with E-state index in [0.717, 1.165) is 5.56 Å². The maximum atomic E-state index is 13.9. The minimum atomic E-state index is -0.994. The molecule has 5 rings (SSSR count). The SMILES string of the molecule is Cc1cccc(C(=O)N2[C@H](C(=O)N3CCOCC3)COC23CCN(C(=O)c2cccc(F)c2)CC3)c1. The summed E-state index contributed by atoms with van der Waals surface area (Å²) in [6.07, 6.45) is 0.719. The van der Waals surface area contributed by atoms with E-state index in [0.29, 0.717) is 57.8 Å². The molecule has 0 aromatic heterocycles. The summed E-state index contributed by atoms with van der Waals surface area (Å²) in [6.45, 7) is 4.55. The first kappa shape index (κ1) is 24.4. The summed E-state index contributed by atoms with van der Waals surface area (Å²) >= 11 is 0. The number of hydrogen-bond donors (Lipinski definition) is 0. The summed E-state index contributed by atoms with van der Waals surface area (Å²) in [6, 6.07) is 12.2. The van der Waals surface area contributed by atoms with E-state index in [4.69, 9.17) is 9.47 Å².